The van der Waals surface area contributed by atoms with Gasteiger partial charge in [0.2, 0.25) is 0 Å². The standard InChI is InChI=1S/C12H12Cl2N6O2/c1-7-18-19(12(22)20(7)15)6-11(21)17-16-5-8-2-3-9(13)4-10(8)14/h2-5H,6,15H2,1H3,(H,17,21)/b16-5+. The van der Waals surface area contributed by atoms with Crippen molar-refractivity contribution < 1.29 is 4.79 Å². The molecule has 2 rings (SSSR count). The fraction of sp³-hybridized carbons (Fsp3) is 0.167. The quantitative estimate of drug-likeness (QED) is 0.479. The Morgan fingerprint density at radius 1 is 1.50 bits per heavy atom. The highest BCUT2D eigenvalue weighted by molar-refractivity contribution is 6.36. The number of aryl methyl sites for hydroxylation is 1. The molecule has 0 radical (unpaired) electrons. The molecule has 0 atom stereocenters. The van der Waals surface area contributed by atoms with E-state index in [1.54, 1.807) is 25.1 Å². The fourth-order valence-electron chi connectivity index (χ4n) is 1.58. The van der Waals surface area contributed by atoms with E-state index in [1.807, 2.05) is 0 Å². The molecule has 0 spiro atoms. The Balaban J connectivity index is 1.99. The van der Waals surface area contributed by atoms with E-state index in [-0.39, 0.29) is 6.54 Å². The highest BCUT2D eigenvalue weighted by Gasteiger charge is 2.10. The SMILES string of the molecule is Cc1nn(CC(=O)N/N=C/c2ccc(Cl)cc2Cl)c(=O)n1N. The van der Waals surface area contributed by atoms with Crippen molar-refractivity contribution in [3.8, 4) is 0 Å². The number of carbonyl (C=O) groups excluding carboxylic acids is 1. The minimum Gasteiger partial charge on any atom is -0.333 e. The number of carbonyl (C=O) groups is 1. The van der Waals surface area contributed by atoms with Crippen molar-refractivity contribution in [1.29, 1.82) is 0 Å². The lowest BCUT2D eigenvalue weighted by Crippen LogP contribution is -2.34. The molecule has 10 heteroatoms. The number of hydrogen-bond acceptors (Lipinski definition) is 5. The molecule has 1 aromatic heterocycles. The first-order chi connectivity index (χ1) is 10.4. The molecule has 8 nitrogen and oxygen atoms in total. The van der Waals surface area contributed by atoms with Crippen LogP contribution < -0.4 is 17.0 Å². The monoisotopic (exact) mass is 342 g/mol. The van der Waals surface area contributed by atoms with Gasteiger partial charge in [-0.25, -0.2) is 14.9 Å². The molecule has 2 aromatic rings. The number of rotatable bonds is 4. The first kappa shape index (κ1) is 16.1. The van der Waals surface area contributed by atoms with Gasteiger partial charge in [-0.05, 0) is 19.1 Å². The number of benzene rings is 1. The number of amides is 1. The Hall–Kier alpha value is -2.32. The summed E-state index contributed by atoms with van der Waals surface area (Å²) in [7, 11) is 0. The number of nitrogens with zero attached hydrogens (tertiary/aromatic N) is 4. The normalized spacial score (nSPS) is 11.0. The van der Waals surface area contributed by atoms with Gasteiger partial charge < -0.3 is 5.84 Å². The smallest absolute Gasteiger partial charge is 0.333 e. The summed E-state index contributed by atoms with van der Waals surface area (Å²) >= 11 is 11.7. The Kier molecular flexibility index (Phi) is 4.84. The van der Waals surface area contributed by atoms with E-state index in [0.29, 0.717) is 21.4 Å². The number of halogens is 2. The number of aromatic nitrogens is 3. The van der Waals surface area contributed by atoms with Crippen LogP contribution in [0.25, 0.3) is 0 Å². The van der Waals surface area contributed by atoms with Crippen LogP contribution in [0.4, 0.5) is 0 Å². The van der Waals surface area contributed by atoms with Gasteiger partial charge in [0.15, 0.2) is 0 Å². The van der Waals surface area contributed by atoms with Crippen LogP contribution >= 0.6 is 23.2 Å². The Labute approximate surface area is 135 Å². The Morgan fingerprint density at radius 2 is 2.23 bits per heavy atom. The van der Waals surface area contributed by atoms with E-state index >= 15 is 0 Å². The van der Waals surface area contributed by atoms with E-state index < -0.39 is 11.6 Å². The summed E-state index contributed by atoms with van der Waals surface area (Å²) < 4.78 is 1.79. The first-order valence-electron chi connectivity index (χ1n) is 6.07. The molecule has 0 aliphatic heterocycles. The van der Waals surface area contributed by atoms with Gasteiger partial charge in [0, 0.05) is 10.6 Å². The molecule has 1 heterocycles. The number of nitrogens with one attached hydrogen (secondary N) is 1. The van der Waals surface area contributed by atoms with Gasteiger partial charge in [-0.15, -0.1) is 0 Å². The molecule has 0 saturated carbocycles. The Morgan fingerprint density at radius 3 is 2.82 bits per heavy atom. The zero-order chi connectivity index (χ0) is 16.3. The van der Waals surface area contributed by atoms with Gasteiger partial charge >= 0.3 is 5.69 Å². The maximum absolute atomic E-state index is 11.7. The summed E-state index contributed by atoms with van der Waals surface area (Å²) in [6, 6.07) is 4.86. The average Bonchev–Trinajstić information content (AvgIpc) is 2.69. The lowest BCUT2D eigenvalue weighted by molar-refractivity contribution is -0.121. The average molecular weight is 343 g/mol. The topological polar surface area (TPSA) is 107 Å². The maximum Gasteiger partial charge on any atom is 0.365 e. The molecular formula is C12H12Cl2N6O2. The highest BCUT2D eigenvalue weighted by atomic mass is 35.5. The molecule has 0 fully saturated rings. The highest BCUT2D eigenvalue weighted by Crippen LogP contribution is 2.19. The summed E-state index contributed by atoms with van der Waals surface area (Å²) in [6.07, 6.45) is 1.37. The zero-order valence-corrected chi connectivity index (χ0v) is 13.0. The first-order valence-corrected chi connectivity index (χ1v) is 6.82. The molecular weight excluding hydrogens is 331 g/mol. The summed E-state index contributed by atoms with van der Waals surface area (Å²) in [4.78, 5) is 23.3. The molecule has 22 heavy (non-hydrogen) atoms. The van der Waals surface area contributed by atoms with E-state index in [0.717, 1.165) is 9.36 Å². The van der Waals surface area contributed by atoms with Crippen LogP contribution in [0.3, 0.4) is 0 Å². The van der Waals surface area contributed by atoms with E-state index in [4.69, 9.17) is 29.0 Å². The third kappa shape index (κ3) is 3.66. The number of nitrogen functional groups attached to an aromatic ring is 1. The van der Waals surface area contributed by atoms with Crippen LogP contribution in [0, 0.1) is 6.92 Å². The fourth-order valence-corrected chi connectivity index (χ4v) is 2.04. The van der Waals surface area contributed by atoms with Gasteiger partial charge in [0.25, 0.3) is 5.91 Å². The number of nitrogens with two attached hydrogens (primary N) is 1. The minimum absolute atomic E-state index is 0.296. The van der Waals surface area contributed by atoms with Gasteiger partial charge in [-0.1, -0.05) is 29.3 Å². The van der Waals surface area contributed by atoms with Crippen molar-refractivity contribution in [3.05, 3.63) is 50.1 Å². The molecule has 0 aliphatic carbocycles. The molecule has 116 valence electrons. The van der Waals surface area contributed by atoms with Crippen molar-refractivity contribution in [2.24, 2.45) is 5.10 Å². The van der Waals surface area contributed by atoms with E-state index in [9.17, 15) is 9.59 Å². The molecule has 3 N–H and O–H groups in total. The van der Waals surface area contributed by atoms with Crippen LogP contribution in [-0.4, -0.2) is 26.6 Å². The van der Waals surface area contributed by atoms with Crippen molar-refractivity contribution >= 4 is 35.3 Å². The molecule has 0 saturated heterocycles. The van der Waals surface area contributed by atoms with Crippen LogP contribution in [0.15, 0.2) is 28.1 Å². The lowest BCUT2D eigenvalue weighted by atomic mass is 10.2. The minimum atomic E-state index is -0.586. The Bertz CT molecular complexity index is 795. The number of hydrogen-bond donors (Lipinski definition) is 2. The van der Waals surface area contributed by atoms with Crippen molar-refractivity contribution in [3.63, 3.8) is 0 Å². The van der Waals surface area contributed by atoms with Crippen LogP contribution in [-0.2, 0) is 11.3 Å². The third-order valence-electron chi connectivity index (χ3n) is 2.69. The molecule has 1 amide bonds. The van der Waals surface area contributed by atoms with Crippen molar-refractivity contribution in [1.82, 2.24) is 19.9 Å². The largest absolute Gasteiger partial charge is 0.365 e. The second kappa shape index (κ2) is 6.63. The maximum atomic E-state index is 11.7. The predicted molar refractivity (Wildman–Crippen MR) is 83.6 cm³/mol. The molecule has 0 bridgehead atoms. The molecule has 0 unspecified atom stereocenters. The summed E-state index contributed by atoms with van der Waals surface area (Å²) in [5, 5.41) is 8.49. The van der Waals surface area contributed by atoms with Crippen LogP contribution in [0.5, 0.6) is 0 Å². The summed E-state index contributed by atoms with van der Waals surface area (Å²) in [6.45, 7) is 1.26. The zero-order valence-electron chi connectivity index (χ0n) is 11.5. The van der Waals surface area contributed by atoms with Crippen LogP contribution in [0.2, 0.25) is 10.0 Å². The van der Waals surface area contributed by atoms with Gasteiger partial charge in [0.1, 0.15) is 12.4 Å². The summed E-state index contributed by atoms with van der Waals surface area (Å²) in [5.74, 6) is 5.19. The predicted octanol–water partition coefficient (Wildman–Crippen LogP) is 0.524. The van der Waals surface area contributed by atoms with Crippen LogP contribution in [0.1, 0.15) is 11.4 Å². The van der Waals surface area contributed by atoms with Gasteiger partial charge in [0.05, 0.1) is 11.2 Å². The lowest BCUT2D eigenvalue weighted by Gasteiger charge is -2.00. The second-order valence-electron chi connectivity index (χ2n) is 4.32. The van der Waals surface area contributed by atoms with E-state index in [2.05, 4.69) is 15.6 Å². The molecule has 0 aliphatic rings. The van der Waals surface area contributed by atoms with E-state index in [1.165, 1.54) is 6.21 Å². The van der Waals surface area contributed by atoms with Crippen molar-refractivity contribution in [2.75, 3.05) is 5.84 Å². The van der Waals surface area contributed by atoms with Gasteiger partial charge in [-0.3, -0.25) is 4.79 Å². The second-order valence-corrected chi connectivity index (χ2v) is 5.16. The summed E-state index contributed by atoms with van der Waals surface area (Å²) in [5.41, 5.74) is 2.27. The van der Waals surface area contributed by atoms with Gasteiger partial charge in [-0.2, -0.15) is 14.9 Å². The number of hydrazone groups is 1. The third-order valence-corrected chi connectivity index (χ3v) is 3.25. The molecule has 1 aromatic carbocycles. The van der Waals surface area contributed by atoms with Crippen molar-refractivity contribution in [2.45, 2.75) is 13.5 Å².